The summed E-state index contributed by atoms with van der Waals surface area (Å²) in [5, 5.41) is 14.1. The van der Waals surface area contributed by atoms with Crippen LogP contribution in [0, 0.1) is 0 Å². The van der Waals surface area contributed by atoms with E-state index >= 15 is 0 Å². The minimum atomic E-state index is -5.10. The van der Waals surface area contributed by atoms with E-state index in [1.165, 1.54) is 59.2 Å². The lowest BCUT2D eigenvalue weighted by Gasteiger charge is -2.31. The van der Waals surface area contributed by atoms with Crippen LogP contribution in [0.3, 0.4) is 0 Å². The fourth-order valence-electron chi connectivity index (χ4n) is 4.90. The Morgan fingerprint density at radius 3 is 2.12 bits per heavy atom. The summed E-state index contributed by atoms with van der Waals surface area (Å²) >= 11 is 0. The number of aliphatic hydroxyl groups is 1. The van der Waals surface area contributed by atoms with Crippen molar-refractivity contribution in [2.45, 2.75) is 75.2 Å². The Morgan fingerprint density at radius 1 is 0.977 bits per heavy atom. The Hall–Kier alpha value is -3.74. The fraction of sp³-hybridized carbons (Fsp3) is 0.355. The number of halogens is 3. The SMILES string of the molecule is CCn1c(C(O)(c2ccc(C(C)(C)C)cc2)C(F)(F)F)nc2ccc(C(=O)Nc3ccc(S(=O)(=O)NC4CC4)cc3)cc21. The molecule has 0 radical (unpaired) electrons. The van der Waals surface area contributed by atoms with Gasteiger partial charge in [-0.1, -0.05) is 45.0 Å². The molecule has 0 spiro atoms. The molecule has 1 unspecified atom stereocenters. The molecular weight excluding hydrogens is 581 g/mol. The smallest absolute Gasteiger partial charge is 0.370 e. The molecule has 1 saturated carbocycles. The highest BCUT2D eigenvalue weighted by molar-refractivity contribution is 7.89. The first-order valence-electron chi connectivity index (χ1n) is 13.9. The van der Waals surface area contributed by atoms with Crippen LogP contribution in [0.15, 0.2) is 71.6 Å². The third-order valence-corrected chi connectivity index (χ3v) is 9.09. The predicted octanol–water partition coefficient (Wildman–Crippen LogP) is 5.84. The summed E-state index contributed by atoms with van der Waals surface area (Å²) in [5.41, 5.74) is -2.35. The maximum Gasteiger partial charge on any atom is 0.428 e. The Kier molecular flexibility index (Phi) is 7.68. The predicted molar refractivity (Wildman–Crippen MR) is 157 cm³/mol. The van der Waals surface area contributed by atoms with Crippen LogP contribution in [0.1, 0.15) is 67.8 Å². The fourth-order valence-corrected chi connectivity index (χ4v) is 6.21. The number of alkyl halides is 3. The molecule has 0 saturated heterocycles. The van der Waals surface area contributed by atoms with Gasteiger partial charge in [0, 0.05) is 29.4 Å². The third kappa shape index (κ3) is 5.91. The van der Waals surface area contributed by atoms with E-state index in [-0.39, 0.29) is 45.1 Å². The second kappa shape index (κ2) is 10.8. The number of fused-ring (bicyclic) bond motifs is 1. The lowest BCUT2D eigenvalue weighted by molar-refractivity contribution is -0.252. The number of amides is 1. The minimum Gasteiger partial charge on any atom is -0.370 e. The molecule has 4 aromatic rings. The van der Waals surface area contributed by atoms with Gasteiger partial charge in [-0.05, 0) is 73.2 Å². The monoisotopic (exact) mass is 614 g/mol. The molecule has 0 bridgehead atoms. The van der Waals surface area contributed by atoms with Crippen LogP contribution in [-0.4, -0.2) is 41.2 Å². The Bertz CT molecular complexity index is 1770. The molecule has 12 heteroatoms. The van der Waals surface area contributed by atoms with Crippen LogP contribution in [0.5, 0.6) is 0 Å². The highest BCUT2D eigenvalue weighted by Crippen LogP contribution is 2.45. The number of hydrogen-bond donors (Lipinski definition) is 3. The highest BCUT2D eigenvalue weighted by Gasteiger charge is 2.59. The maximum atomic E-state index is 14.7. The van der Waals surface area contributed by atoms with E-state index in [2.05, 4.69) is 15.0 Å². The zero-order valence-electron chi connectivity index (χ0n) is 24.2. The van der Waals surface area contributed by atoms with Crippen molar-refractivity contribution in [1.82, 2.24) is 14.3 Å². The van der Waals surface area contributed by atoms with Gasteiger partial charge in [-0.25, -0.2) is 18.1 Å². The Morgan fingerprint density at radius 2 is 1.58 bits per heavy atom. The van der Waals surface area contributed by atoms with Gasteiger partial charge in [-0.3, -0.25) is 4.79 Å². The lowest BCUT2D eigenvalue weighted by atomic mass is 9.84. The van der Waals surface area contributed by atoms with Crippen molar-refractivity contribution in [2.24, 2.45) is 0 Å². The first kappa shape index (κ1) is 30.7. The van der Waals surface area contributed by atoms with E-state index in [1.807, 2.05) is 20.8 Å². The van der Waals surface area contributed by atoms with Crippen LogP contribution in [-0.2, 0) is 27.6 Å². The first-order valence-corrected chi connectivity index (χ1v) is 15.4. The molecule has 3 aromatic carbocycles. The molecule has 0 aliphatic heterocycles. The number of carbonyl (C=O) groups is 1. The van der Waals surface area contributed by atoms with E-state index < -0.39 is 33.5 Å². The van der Waals surface area contributed by atoms with Gasteiger partial charge < -0.3 is 15.0 Å². The first-order chi connectivity index (χ1) is 20.0. The number of aromatic nitrogens is 2. The molecule has 8 nitrogen and oxygen atoms in total. The van der Waals surface area contributed by atoms with Crippen LogP contribution >= 0.6 is 0 Å². The van der Waals surface area contributed by atoms with Crippen molar-refractivity contribution in [3.8, 4) is 0 Å². The van der Waals surface area contributed by atoms with Crippen LogP contribution < -0.4 is 10.0 Å². The second-order valence-electron chi connectivity index (χ2n) is 11.8. The standard InChI is InChI=1S/C31H33F3N4O4S/c1-5-38-26-18-19(27(39)35-22-13-15-24(16-14-22)43(41,42)37-23-11-12-23)6-17-25(26)36-28(38)30(40,31(32,33)34)21-9-7-20(8-10-21)29(2,3)4/h6-10,13-18,23,37,40H,5,11-12H2,1-4H3,(H,35,39). The largest absolute Gasteiger partial charge is 0.428 e. The maximum absolute atomic E-state index is 14.7. The summed E-state index contributed by atoms with van der Waals surface area (Å²) < 4.78 is 72.6. The van der Waals surface area contributed by atoms with Crippen LogP contribution in [0.25, 0.3) is 11.0 Å². The summed E-state index contributed by atoms with van der Waals surface area (Å²) in [6.45, 7) is 7.49. The summed E-state index contributed by atoms with van der Waals surface area (Å²) in [7, 11) is -3.65. The van der Waals surface area contributed by atoms with Gasteiger partial charge in [-0.15, -0.1) is 0 Å². The molecule has 1 aromatic heterocycles. The molecule has 1 aliphatic carbocycles. The number of nitrogens with one attached hydrogen (secondary N) is 2. The molecule has 3 N–H and O–H groups in total. The number of benzene rings is 3. The zero-order valence-corrected chi connectivity index (χ0v) is 25.0. The number of anilines is 1. The number of carbonyl (C=O) groups excluding carboxylic acids is 1. The number of aryl methyl sites for hydroxylation is 1. The molecule has 5 rings (SSSR count). The summed E-state index contributed by atoms with van der Waals surface area (Å²) in [6.07, 6.45) is -3.50. The van der Waals surface area contributed by atoms with Crippen molar-refractivity contribution in [3.05, 3.63) is 89.2 Å². The van der Waals surface area contributed by atoms with Gasteiger partial charge in [-0.2, -0.15) is 13.2 Å². The second-order valence-corrected chi connectivity index (χ2v) is 13.5. The Balaban J connectivity index is 1.47. The van der Waals surface area contributed by atoms with Gasteiger partial charge in [0.05, 0.1) is 15.9 Å². The van der Waals surface area contributed by atoms with Crippen molar-refractivity contribution < 1.29 is 31.5 Å². The van der Waals surface area contributed by atoms with Gasteiger partial charge in [0.1, 0.15) is 0 Å². The number of sulfonamides is 1. The topological polar surface area (TPSA) is 113 Å². The van der Waals surface area contributed by atoms with Gasteiger partial charge in [0.2, 0.25) is 15.6 Å². The third-order valence-electron chi connectivity index (χ3n) is 7.55. The van der Waals surface area contributed by atoms with Crippen molar-refractivity contribution in [2.75, 3.05) is 5.32 Å². The van der Waals surface area contributed by atoms with Gasteiger partial charge in [0.25, 0.3) is 5.91 Å². The van der Waals surface area contributed by atoms with Crippen molar-refractivity contribution in [1.29, 1.82) is 0 Å². The Labute approximate surface area is 248 Å². The van der Waals surface area contributed by atoms with E-state index in [9.17, 15) is 31.5 Å². The molecule has 1 amide bonds. The quantitative estimate of drug-likeness (QED) is 0.231. The number of imidazole rings is 1. The van der Waals surface area contributed by atoms with Crippen LogP contribution in [0.4, 0.5) is 18.9 Å². The minimum absolute atomic E-state index is 0.0419. The van der Waals surface area contributed by atoms with Gasteiger partial charge in [0.15, 0.2) is 5.82 Å². The molecule has 228 valence electrons. The van der Waals surface area contributed by atoms with E-state index in [4.69, 9.17) is 0 Å². The normalized spacial score (nSPS) is 15.8. The number of hydrogen-bond acceptors (Lipinski definition) is 5. The highest BCUT2D eigenvalue weighted by atomic mass is 32.2. The lowest BCUT2D eigenvalue weighted by Crippen LogP contribution is -2.45. The molecular formula is C31H33F3N4O4S. The van der Waals surface area contributed by atoms with Gasteiger partial charge >= 0.3 is 6.18 Å². The van der Waals surface area contributed by atoms with E-state index in [0.29, 0.717) is 5.69 Å². The van der Waals surface area contributed by atoms with E-state index in [1.54, 1.807) is 19.1 Å². The molecule has 1 fully saturated rings. The average Bonchev–Trinajstić information content (AvgIpc) is 3.67. The summed E-state index contributed by atoms with van der Waals surface area (Å²) in [5.74, 6) is -1.15. The van der Waals surface area contributed by atoms with E-state index in [0.717, 1.165) is 18.4 Å². The average molecular weight is 615 g/mol. The molecule has 43 heavy (non-hydrogen) atoms. The number of nitrogens with zero attached hydrogens (tertiary/aromatic N) is 2. The van der Waals surface area contributed by atoms with Crippen LogP contribution in [0.2, 0.25) is 0 Å². The molecule has 1 atom stereocenters. The molecule has 1 heterocycles. The van der Waals surface area contributed by atoms with Crippen molar-refractivity contribution >= 4 is 32.7 Å². The molecule has 1 aliphatic rings. The number of rotatable bonds is 8. The summed E-state index contributed by atoms with van der Waals surface area (Å²) in [4.78, 5) is 17.4. The summed E-state index contributed by atoms with van der Waals surface area (Å²) in [6, 6.07) is 15.6. The zero-order chi connectivity index (χ0) is 31.4. The van der Waals surface area contributed by atoms with Crippen molar-refractivity contribution in [3.63, 3.8) is 0 Å².